The molecule has 0 fully saturated rings. The quantitative estimate of drug-likeness (QED) is 0.0308. The highest BCUT2D eigenvalue weighted by atomic mass is 16.4. The van der Waals surface area contributed by atoms with Crippen LogP contribution in [0.5, 0.6) is 0 Å². The molecule has 1 unspecified atom stereocenters. The van der Waals surface area contributed by atoms with Gasteiger partial charge in [0.05, 0.1) is 17.9 Å². The lowest BCUT2D eigenvalue weighted by Crippen LogP contribution is -2.40. The Kier molecular flexibility index (Phi) is 23.2. The number of ketones is 2. The summed E-state index contributed by atoms with van der Waals surface area (Å²) in [4.78, 5) is 59.2. The number of Topliss-reactive ketones (excluding diaryl/α,β-unsaturated/α-hetero) is 2. The molecule has 0 aliphatic rings. The number of hydrogen-bond donors (Lipinski definition) is 7. The Hall–Kier alpha value is -4.19. The first kappa shape index (κ1) is 44.0. The summed E-state index contributed by atoms with van der Waals surface area (Å²) in [5.41, 5.74) is 5.43. The Labute approximate surface area is 305 Å². The maximum atomic E-state index is 12.5. The van der Waals surface area contributed by atoms with Crippen molar-refractivity contribution in [1.82, 2.24) is 51.9 Å². The van der Waals surface area contributed by atoms with E-state index < -0.39 is 36.1 Å². The van der Waals surface area contributed by atoms with Gasteiger partial charge in [-0.1, -0.05) is 87.5 Å². The molecule has 0 spiro atoms. The monoisotopic (exact) mass is 733 g/mol. The molecule has 18 nitrogen and oxygen atoms in total. The molecule has 2 aromatic rings. The predicted octanol–water partition coefficient (Wildman–Crippen LogP) is 3.34. The zero-order valence-electron chi connectivity index (χ0n) is 30.4. The molecule has 2 aromatic heterocycles. The van der Waals surface area contributed by atoms with Gasteiger partial charge in [-0.05, 0) is 38.5 Å². The van der Waals surface area contributed by atoms with Gasteiger partial charge in [-0.15, -0.1) is 20.4 Å². The number of carbonyl (C=O) groups excluding carboxylic acids is 3. The van der Waals surface area contributed by atoms with E-state index in [-0.39, 0.29) is 43.5 Å². The Balaban J connectivity index is 1.42. The Morgan fingerprint density at radius 3 is 1.71 bits per heavy atom. The van der Waals surface area contributed by atoms with E-state index in [1.54, 1.807) is 0 Å². The Bertz CT molecular complexity index is 1240. The van der Waals surface area contributed by atoms with Crippen LogP contribution < -0.4 is 16.4 Å². The highest BCUT2D eigenvalue weighted by molar-refractivity contribution is 5.97. The van der Waals surface area contributed by atoms with Crippen LogP contribution in [0.15, 0.2) is 0 Å². The molecule has 18 heteroatoms. The average Bonchev–Trinajstić information content (AvgIpc) is 3.85. The minimum atomic E-state index is -1.20. The van der Waals surface area contributed by atoms with E-state index in [0.29, 0.717) is 43.9 Å². The first-order chi connectivity index (χ1) is 25.2. The van der Waals surface area contributed by atoms with Crippen molar-refractivity contribution in [2.45, 2.75) is 153 Å². The van der Waals surface area contributed by atoms with Gasteiger partial charge in [-0.3, -0.25) is 29.3 Å². The van der Waals surface area contributed by atoms with Crippen molar-refractivity contribution >= 4 is 29.4 Å². The largest absolute Gasteiger partial charge is 0.481 e. The summed E-state index contributed by atoms with van der Waals surface area (Å²) in [7, 11) is 0. The summed E-state index contributed by atoms with van der Waals surface area (Å²) in [5.74, 6) is -2.91. The van der Waals surface area contributed by atoms with E-state index in [1.165, 1.54) is 44.9 Å². The zero-order chi connectivity index (χ0) is 37.8. The fourth-order valence-electron chi connectivity index (χ4n) is 6.20. The third-order valence-electron chi connectivity index (χ3n) is 9.16. The van der Waals surface area contributed by atoms with E-state index in [2.05, 4.69) is 51.9 Å². The minimum Gasteiger partial charge on any atom is -0.481 e. The Morgan fingerprint density at radius 1 is 0.673 bits per heavy atom. The van der Waals surface area contributed by atoms with Gasteiger partial charge in [0, 0.05) is 32.5 Å². The van der Waals surface area contributed by atoms with Gasteiger partial charge in [-0.25, -0.2) is 0 Å². The van der Waals surface area contributed by atoms with Crippen molar-refractivity contribution in [3.63, 3.8) is 0 Å². The molecule has 292 valence electrons. The van der Waals surface area contributed by atoms with Crippen molar-refractivity contribution in [2.24, 2.45) is 11.7 Å². The van der Waals surface area contributed by atoms with Crippen LogP contribution in [-0.4, -0.2) is 100 Å². The van der Waals surface area contributed by atoms with Gasteiger partial charge >= 0.3 is 11.9 Å². The molecule has 1 amide bonds. The number of hydrogen-bond acceptors (Lipinski definition) is 13. The van der Waals surface area contributed by atoms with Gasteiger partial charge in [0.1, 0.15) is 12.2 Å². The molecule has 0 bridgehead atoms. The van der Waals surface area contributed by atoms with Crippen LogP contribution in [0.2, 0.25) is 0 Å². The first-order valence-electron chi connectivity index (χ1n) is 18.9. The van der Waals surface area contributed by atoms with Crippen LogP contribution in [0.25, 0.3) is 0 Å². The summed E-state index contributed by atoms with van der Waals surface area (Å²) >= 11 is 0. The van der Waals surface area contributed by atoms with Crippen LogP contribution in [0.3, 0.4) is 0 Å². The first-order valence-corrected chi connectivity index (χ1v) is 18.9. The van der Waals surface area contributed by atoms with E-state index in [9.17, 15) is 29.1 Å². The molecule has 2 heterocycles. The SMILES string of the molecule is NCN[C@@H](CCCCNC(=O)CCC(CC(=O)CCCCCCCCCCCCCCCC(c1nn[nH]n1)c1nn[nH]n1)C(=O)O)C(=O)CC(=O)O. The third kappa shape index (κ3) is 20.0. The Morgan fingerprint density at radius 2 is 1.21 bits per heavy atom. The van der Waals surface area contributed by atoms with E-state index in [4.69, 9.17) is 10.8 Å². The van der Waals surface area contributed by atoms with Crippen molar-refractivity contribution in [3.8, 4) is 0 Å². The molecule has 2 rings (SSSR count). The summed E-state index contributed by atoms with van der Waals surface area (Å²) < 4.78 is 0. The lowest BCUT2D eigenvalue weighted by molar-refractivity contribution is -0.144. The number of amides is 1. The zero-order valence-corrected chi connectivity index (χ0v) is 30.4. The van der Waals surface area contributed by atoms with Crippen LogP contribution in [0.4, 0.5) is 0 Å². The number of unbranched alkanes of at least 4 members (excludes halogenated alkanes) is 13. The van der Waals surface area contributed by atoms with Crippen molar-refractivity contribution in [2.75, 3.05) is 13.2 Å². The fourth-order valence-corrected chi connectivity index (χ4v) is 6.20. The summed E-state index contributed by atoms with van der Waals surface area (Å²) in [6.45, 7) is 0.388. The predicted molar refractivity (Wildman–Crippen MR) is 190 cm³/mol. The average molecular weight is 734 g/mol. The summed E-state index contributed by atoms with van der Waals surface area (Å²) in [5, 5.41) is 52.5. The van der Waals surface area contributed by atoms with Crippen molar-refractivity contribution in [1.29, 1.82) is 0 Å². The lowest BCUT2D eigenvalue weighted by atomic mass is 9.94. The van der Waals surface area contributed by atoms with Gasteiger partial charge < -0.3 is 21.3 Å². The molecule has 0 saturated carbocycles. The number of aromatic nitrogens is 8. The molecule has 0 aliphatic carbocycles. The lowest BCUT2D eigenvalue weighted by Gasteiger charge is -2.15. The van der Waals surface area contributed by atoms with Gasteiger partial charge in [-0.2, -0.15) is 10.4 Å². The number of rotatable bonds is 34. The summed E-state index contributed by atoms with van der Waals surface area (Å²) in [6.07, 6.45) is 16.8. The van der Waals surface area contributed by atoms with Crippen LogP contribution >= 0.6 is 0 Å². The number of aliphatic carboxylic acids is 2. The molecule has 0 aromatic carbocycles. The fraction of sp³-hybridized carbons (Fsp3) is 0.794. The maximum Gasteiger partial charge on any atom is 0.310 e. The number of carbonyl (C=O) groups is 5. The van der Waals surface area contributed by atoms with E-state index >= 15 is 0 Å². The third-order valence-corrected chi connectivity index (χ3v) is 9.16. The molecule has 2 atom stereocenters. The van der Waals surface area contributed by atoms with Gasteiger partial charge in [0.25, 0.3) is 0 Å². The molecular formula is C34H59N11O7. The van der Waals surface area contributed by atoms with E-state index in [0.717, 1.165) is 44.9 Å². The molecule has 52 heavy (non-hydrogen) atoms. The second-order valence-electron chi connectivity index (χ2n) is 13.4. The number of H-pyrrole nitrogens is 2. The number of nitrogens with zero attached hydrogens (tertiary/aromatic N) is 6. The number of aromatic amines is 2. The second kappa shape index (κ2) is 27.5. The number of nitrogens with two attached hydrogens (primary N) is 1. The molecule has 0 saturated heterocycles. The molecule has 8 N–H and O–H groups in total. The van der Waals surface area contributed by atoms with Crippen molar-refractivity contribution in [3.05, 3.63) is 11.6 Å². The normalized spacial score (nSPS) is 12.5. The number of nitrogens with one attached hydrogen (secondary N) is 4. The highest BCUT2D eigenvalue weighted by Gasteiger charge is 2.24. The van der Waals surface area contributed by atoms with Crippen molar-refractivity contribution < 1.29 is 34.2 Å². The molecule has 0 radical (unpaired) electrons. The standard InChI is InChI=1S/C34H59N11O7/c35-24-37-28(29(47)23-31(49)50)18-14-15-21-36-30(48)20-19-25(34(51)52)22-26(46)16-12-10-8-6-4-2-1-3-5-7-9-11-13-17-27(32-38-42-43-39-32)33-40-44-45-41-33/h25,27-28,37H,1-24,35H2,(H,36,48)(H,49,50)(H,51,52)(H,38,39,42,43)(H,40,41,44,45)/t25?,28-/m0/s1. The maximum absolute atomic E-state index is 12.5. The molecule has 0 aliphatic heterocycles. The number of carboxylic acids is 2. The highest BCUT2D eigenvalue weighted by Crippen LogP contribution is 2.24. The minimum absolute atomic E-state index is 0.00615. The van der Waals surface area contributed by atoms with Gasteiger partial charge in [0.15, 0.2) is 17.4 Å². The summed E-state index contributed by atoms with van der Waals surface area (Å²) in [6, 6.07) is -0.652. The van der Waals surface area contributed by atoms with Crippen LogP contribution in [-0.2, 0) is 24.0 Å². The van der Waals surface area contributed by atoms with Gasteiger partial charge in [0.2, 0.25) is 5.91 Å². The number of carboxylic acid groups (broad SMARTS) is 2. The van der Waals surface area contributed by atoms with Crippen LogP contribution in [0, 0.1) is 5.92 Å². The molecular weight excluding hydrogens is 674 g/mol. The smallest absolute Gasteiger partial charge is 0.310 e. The second-order valence-corrected chi connectivity index (χ2v) is 13.4. The van der Waals surface area contributed by atoms with Crippen LogP contribution in [0.1, 0.15) is 159 Å². The topological polar surface area (TPSA) is 285 Å². The van der Waals surface area contributed by atoms with E-state index in [1.807, 2.05) is 0 Å². The number of tetrazole rings is 2.